The van der Waals surface area contributed by atoms with Gasteiger partial charge in [-0.25, -0.2) is 0 Å². The summed E-state index contributed by atoms with van der Waals surface area (Å²) in [6, 6.07) is 3.29. The number of rotatable bonds is 8. The van der Waals surface area contributed by atoms with Crippen molar-refractivity contribution in [1.29, 1.82) is 0 Å². The van der Waals surface area contributed by atoms with Crippen LogP contribution in [0.4, 0.5) is 0 Å². The van der Waals surface area contributed by atoms with E-state index in [-0.39, 0.29) is 0 Å². The fourth-order valence-corrected chi connectivity index (χ4v) is 14.6. The number of allylic oxidation sites excluding steroid dienone is 4. The van der Waals surface area contributed by atoms with E-state index >= 15 is 0 Å². The van der Waals surface area contributed by atoms with Crippen molar-refractivity contribution < 1.29 is 0 Å². The monoisotopic (exact) mass is 344 g/mol. The molecule has 0 aliphatic heterocycles. The number of unbranched alkanes of at least 4 members (excludes halogenated alkanes) is 2. The van der Waals surface area contributed by atoms with Crippen LogP contribution in [0.3, 0.4) is 0 Å². The maximum atomic E-state index is 2.63. The predicted octanol–water partition coefficient (Wildman–Crippen LogP) is 7.75. The number of hydrogen-bond donors (Lipinski definition) is 0. The molecule has 0 nitrogen and oxygen atoms in total. The molecule has 0 radical (unpaired) electrons. The number of fused-ring (bicyclic) bond motifs is 1. The van der Waals surface area contributed by atoms with Crippen molar-refractivity contribution in [2.24, 2.45) is 17.8 Å². The van der Waals surface area contributed by atoms with Crippen LogP contribution in [0.1, 0.15) is 78.6 Å². The lowest BCUT2D eigenvalue weighted by Gasteiger charge is -2.46. The predicted molar refractivity (Wildman–Crippen MR) is 110 cm³/mol. The molecule has 0 aromatic rings. The summed E-state index contributed by atoms with van der Waals surface area (Å²) in [5, 5.41) is 0. The Kier molecular flexibility index (Phi) is 6.46. The molecular formula is C23H40Si. The Bertz CT molecular complexity index is 435. The van der Waals surface area contributed by atoms with Crippen molar-refractivity contribution in [2.45, 2.75) is 102 Å². The maximum absolute atomic E-state index is 2.63. The van der Waals surface area contributed by atoms with E-state index in [1.54, 1.807) is 31.4 Å². The summed E-state index contributed by atoms with van der Waals surface area (Å²) in [6.45, 7) is 7.38. The molecule has 0 N–H and O–H groups in total. The zero-order valence-electron chi connectivity index (χ0n) is 16.5. The van der Waals surface area contributed by atoms with Crippen LogP contribution in [0.2, 0.25) is 23.2 Å². The molecule has 0 aromatic heterocycles. The molecule has 24 heavy (non-hydrogen) atoms. The molecule has 1 heteroatoms. The van der Waals surface area contributed by atoms with E-state index in [4.69, 9.17) is 0 Å². The van der Waals surface area contributed by atoms with Crippen LogP contribution in [0.25, 0.3) is 0 Å². The largest absolute Gasteiger partial charge is 0.0808 e. The highest BCUT2D eigenvalue weighted by Crippen LogP contribution is 2.60. The summed E-state index contributed by atoms with van der Waals surface area (Å²) < 4.78 is 0. The van der Waals surface area contributed by atoms with Gasteiger partial charge in [0.25, 0.3) is 0 Å². The molecule has 0 heterocycles. The highest BCUT2D eigenvalue weighted by atomic mass is 28.3. The van der Waals surface area contributed by atoms with Gasteiger partial charge in [-0.1, -0.05) is 109 Å². The van der Waals surface area contributed by atoms with Crippen LogP contribution in [0, 0.1) is 17.8 Å². The Balaban J connectivity index is 1.92. The van der Waals surface area contributed by atoms with E-state index in [0.29, 0.717) is 0 Å². The van der Waals surface area contributed by atoms with Crippen molar-refractivity contribution in [3.63, 3.8) is 0 Å². The summed E-state index contributed by atoms with van der Waals surface area (Å²) in [5.74, 6) is 2.67. The molecule has 0 spiro atoms. The van der Waals surface area contributed by atoms with Gasteiger partial charge < -0.3 is 0 Å². The Morgan fingerprint density at radius 1 is 0.875 bits per heavy atom. The molecule has 0 amide bonds. The van der Waals surface area contributed by atoms with E-state index in [9.17, 15) is 0 Å². The summed E-state index contributed by atoms with van der Waals surface area (Å²) in [7, 11) is -1.21. The van der Waals surface area contributed by atoms with Crippen LogP contribution in [-0.2, 0) is 0 Å². The SMILES string of the molecule is CCCC[Si](CCCC)(C1CCCC1)C1CC(C)C2C=CC=CC21. The van der Waals surface area contributed by atoms with Gasteiger partial charge in [0.15, 0.2) is 0 Å². The Morgan fingerprint density at radius 3 is 2.04 bits per heavy atom. The third-order valence-electron chi connectivity index (χ3n) is 7.87. The molecule has 2 fully saturated rings. The molecule has 136 valence electrons. The van der Waals surface area contributed by atoms with E-state index in [0.717, 1.165) is 28.8 Å². The zero-order valence-corrected chi connectivity index (χ0v) is 17.5. The first kappa shape index (κ1) is 18.5. The maximum Gasteiger partial charge on any atom is 0.0604 e. The summed E-state index contributed by atoms with van der Waals surface area (Å²) >= 11 is 0. The molecule has 4 unspecified atom stereocenters. The van der Waals surface area contributed by atoms with Crippen molar-refractivity contribution in [2.75, 3.05) is 0 Å². The minimum absolute atomic E-state index is 0.858. The second-order valence-electron chi connectivity index (χ2n) is 9.17. The van der Waals surface area contributed by atoms with E-state index in [1.165, 1.54) is 38.5 Å². The molecule has 0 saturated heterocycles. The standard InChI is InChI=1S/C23H40Si/c1-4-6-16-24(17-7-5-2,20-12-8-9-13-20)23-18-19(3)21-14-10-11-15-22(21)23/h10-11,14-15,19-23H,4-9,12-13,16-18H2,1-3H3. The van der Waals surface area contributed by atoms with E-state index in [2.05, 4.69) is 45.1 Å². The summed E-state index contributed by atoms with van der Waals surface area (Å²) in [6.07, 6.45) is 23.5. The lowest BCUT2D eigenvalue weighted by Crippen LogP contribution is -2.45. The molecule has 3 rings (SSSR count). The average molecular weight is 345 g/mol. The highest BCUT2D eigenvalue weighted by molar-refractivity contribution is 6.82. The molecule has 0 aromatic carbocycles. The summed E-state index contributed by atoms with van der Waals surface area (Å²) in [5.41, 5.74) is 2.24. The highest BCUT2D eigenvalue weighted by Gasteiger charge is 2.54. The Hall–Kier alpha value is -0.303. The third-order valence-corrected chi connectivity index (χ3v) is 14.7. The van der Waals surface area contributed by atoms with Crippen LogP contribution in [-0.4, -0.2) is 8.07 Å². The lowest BCUT2D eigenvalue weighted by molar-refractivity contribution is 0.449. The lowest BCUT2D eigenvalue weighted by atomic mass is 9.87. The van der Waals surface area contributed by atoms with E-state index in [1.807, 2.05) is 0 Å². The van der Waals surface area contributed by atoms with Crippen molar-refractivity contribution in [3.05, 3.63) is 24.3 Å². The van der Waals surface area contributed by atoms with Crippen molar-refractivity contribution in [1.82, 2.24) is 0 Å². The van der Waals surface area contributed by atoms with Gasteiger partial charge in [0.2, 0.25) is 0 Å². The molecular weight excluding hydrogens is 304 g/mol. The van der Waals surface area contributed by atoms with Crippen LogP contribution < -0.4 is 0 Å². The van der Waals surface area contributed by atoms with Gasteiger partial charge in [-0.15, -0.1) is 0 Å². The van der Waals surface area contributed by atoms with Gasteiger partial charge in [-0.05, 0) is 35.3 Å². The van der Waals surface area contributed by atoms with Crippen molar-refractivity contribution in [3.8, 4) is 0 Å². The zero-order chi connectivity index (χ0) is 17.0. The normalized spacial score (nSPS) is 33.3. The summed E-state index contributed by atoms with van der Waals surface area (Å²) in [4.78, 5) is 0. The fourth-order valence-electron chi connectivity index (χ4n) is 6.67. The molecule has 3 aliphatic carbocycles. The van der Waals surface area contributed by atoms with E-state index < -0.39 is 8.07 Å². The van der Waals surface area contributed by atoms with Gasteiger partial charge >= 0.3 is 0 Å². The van der Waals surface area contributed by atoms with Gasteiger partial charge in [0.1, 0.15) is 0 Å². The van der Waals surface area contributed by atoms with Crippen molar-refractivity contribution >= 4 is 8.07 Å². The second kappa shape index (κ2) is 8.38. The molecule has 4 atom stereocenters. The van der Waals surface area contributed by atoms with Gasteiger partial charge in [0.05, 0.1) is 8.07 Å². The quantitative estimate of drug-likeness (QED) is 0.395. The van der Waals surface area contributed by atoms with Crippen LogP contribution in [0.15, 0.2) is 24.3 Å². The minimum Gasteiger partial charge on any atom is -0.0808 e. The first-order chi connectivity index (χ1) is 11.7. The first-order valence-electron chi connectivity index (χ1n) is 11.1. The molecule has 2 saturated carbocycles. The van der Waals surface area contributed by atoms with Gasteiger partial charge in [-0.2, -0.15) is 0 Å². The number of hydrogen-bond acceptors (Lipinski definition) is 0. The third kappa shape index (κ3) is 3.48. The average Bonchev–Trinajstić information content (AvgIpc) is 3.25. The van der Waals surface area contributed by atoms with Gasteiger partial charge in [0, 0.05) is 0 Å². The fraction of sp³-hybridized carbons (Fsp3) is 0.826. The Morgan fingerprint density at radius 2 is 1.46 bits per heavy atom. The molecule has 0 bridgehead atoms. The van der Waals surface area contributed by atoms with Crippen LogP contribution >= 0.6 is 0 Å². The van der Waals surface area contributed by atoms with Gasteiger partial charge in [-0.3, -0.25) is 0 Å². The topological polar surface area (TPSA) is 0 Å². The smallest absolute Gasteiger partial charge is 0.0604 e. The van der Waals surface area contributed by atoms with Crippen LogP contribution in [0.5, 0.6) is 0 Å². The molecule has 3 aliphatic rings. The first-order valence-corrected chi connectivity index (χ1v) is 13.6. The Labute approximate surface area is 152 Å². The minimum atomic E-state index is -1.21. The second-order valence-corrected chi connectivity index (χ2v) is 14.2.